The van der Waals surface area contributed by atoms with E-state index in [0.29, 0.717) is 16.9 Å². The van der Waals surface area contributed by atoms with Crippen LogP contribution in [0.15, 0.2) is 41.9 Å². The molecule has 3 nitrogen and oxygen atoms in total. The zero-order valence-electron chi connectivity index (χ0n) is 14.1. The Morgan fingerprint density at radius 1 is 1.15 bits per heavy atom. The van der Waals surface area contributed by atoms with Gasteiger partial charge in [0, 0.05) is 28.1 Å². The third kappa shape index (κ3) is 2.62. The Bertz CT molecular complexity index is 1100. The van der Waals surface area contributed by atoms with Gasteiger partial charge in [-0.3, -0.25) is 4.98 Å². The molecule has 0 aliphatic carbocycles. The van der Waals surface area contributed by atoms with Gasteiger partial charge in [-0.15, -0.1) is 11.3 Å². The van der Waals surface area contributed by atoms with Crippen molar-refractivity contribution in [3.05, 3.63) is 59.1 Å². The number of nitrogens with two attached hydrogens (primary N) is 1. The number of pyridine rings is 1. The summed E-state index contributed by atoms with van der Waals surface area (Å²) in [6.45, 7) is 0.185. The van der Waals surface area contributed by atoms with Crippen molar-refractivity contribution in [2.75, 3.05) is 13.7 Å². The van der Waals surface area contributed by atoms with E-state index >= 15 is 0 Å². The molecule has 0 radical (unpaired) electrons. The van der Waals surface area contributed by atoms with Crippen molar-refractivity contribution in [1.29, 1.82) is 0 Å². The summed E-state index contributed by atoms with van der Waals surface area (Å²) in [7, 11) is 1.54. The number of nitrogens with zero attached hydrogens (tertiary/aromatic N) is 1. The van der Waals surface area contributed by atoms with E-state index in [-0.39, 0.29) is 18.5 Å². The van der Waals surface area contributed by atoms with Gasteiger partial charge < -0.3 is 10.5 Å². The van der Waals surface area contributed by atoms with Gasteiger partial charge in [-0.2, -0.15) is 0 Å². The lowest BCUT2D eigenvalue weighted by atomic mass is 9.95. The number of aromatic nitrogens is 1. The minimum Gasteiger partial charge on any atom is -0.496 e. The lowest BCUT2D eigenvalue weighted by Gasteiger charge is -2.14. The SMILES string of the molecule is COc1ccc2ncc3sccc3c2c1-c1cc(F)c(CCN)c(F)c1. The second-order valence-electron chi connectivity index (χ2n) is 5.95. The van der Waals surface area contributed by atoms with Crippen LogP contribution in [0.2, 0.25) is 0 Å². The normalized spacial score (nSPS) is 11.4. The van der Waals surface area contributed by atoms with Crippen molar-refractivity contribution in [1.82, 2.24) is 4.98 Å². The maximum Gasteiger partial charge on any atom is 0.129 e. The van der Waals surface area contributed by atoms with Gasteiger partial charge in [0.25, 0.3) is 0 Å². The molecule has 0 unspecified atom stereocenters. The van der Waals surface area contributed by atoms with E-state index in [1.165, 1.54) is 12.1 Å². The molecule has 132 valence electrons. The van der Waals surface area contributed by atoms with E-state index in [1.54, 1.807) is 24.5 Å². The van der Waals surface area contributed by atoms with Gasteiger partial charge in [0.15, 0.2) is 0 Å². The van der Waals surface area contributed by atoms with Crippen molar-refractivity contribution in [2.45, 2.75) is 6.42 Å². The van der Waals surface area contributed by atoms with Gasteiger partial charge in [-0.1, -0.05) is 0 Å². The number of benzene rings is 2. The van der Waals surface area contributed by atoms with Crippen molar-refractivity contribution in [2.24, 2.45) is 5.73 Å². The third-order valence-electron chi connectivity index (χ3n) is 4.47. The molecule has 0 amide bonds. The van der Waals surface area contributed by atoms with E-state index in [0.717, 1.165) is 21.0 Å². The van der Waals surface area contributed by atoms with Crippen LogP contribution in [-0.4, -0.2) is 18.6 Å². The standard InChI is InChI=1S/C20H16F2N2OS/c1-25-17-3-2-16-20(13-5-7-26-18(13)10-24-16)19(17)11-8-14(21)12(4-6-23)15(22)9-11/h2-3,5,7-10H,4,6,23H2,1H3. The number of hydrogen-bond acceptors (Lipinski definition) is 4. The van der Waals surface area contributed by atoms with Crippen LogP contribution in [0, 0.1) is 11.6 Å². The van der Waals surface area contributed by atoms with Crippen LogP contribution in [0.4, 0.5) is 8.78 Å². The van der Waals surface area contributed by atoms with Gasteiger partial charge in [0.2, 0.25) is 0 Å². The fourth-order valence-electron chi connectivity index (χ4n) is 3.30. The van der Waals surface area contributed by atoms with E-state index in [1.807, 2.05) is 23.7 Å². The molecule has 0 saturated heterocycles. The van der Waals surface area contributed by atoms with E-state index < -0.39 is 11.6 Å². The number of thiophene rings is 1. The van der Waals surface area contributed by atoms with Crippen molar-refractivity contribution >= 4 is 32.3 Å². The summed E-state index contributed by atoms with van der Waals surface area (Å²) >= 11 is 1.57. The number of methoxy groups -OCH3 is 1. The molecule has 0 atom stereocenters. The molecule has 0 aliphatic rings. The Kier molecular flexibility index (Phi) is 4.30. The van der Waals surface area contributed by atoms with E-state index in [9.17, 15) is 8.78 Å². The number of ether oxygens (including phenoxy) is 1. The van der Waals surface area contributed by atoms with Crippen molar-refractivity contribution in [3.63, 3.8) is 0 Å². The van der Waals surface area contributed by atoms with Gasteiger partial charge >= 0.3 is 0 Å². The smallest absolute Gasteiger partial charge is 0.129 e. The van der Waals surface area contributed by atoms with Gasteiger partial charge in [0.1, 0.15) is 17.4 Å². The third-order valence-corrected chi connectivity index (χ3v) is 5.33. The summed E-state index contributed by atoms with van der Waals surface area (Å²) < 4.78 is 35.6. The highest BCUT2D eigenvalue weighted by atomic mass is 32.1. The highest BCUT2D eigenvalue weighted by Crippen LogP contribution is 2.41. The zero-order chi connectivity index (χ0) is 18.3. The average molecular weight is 370 g/mol. The number of hydrogen-bond donors (Lipinski definition) is 1. The average Bonchev–Trinajstić information content (AvgIpc) is 3.12. The number of halogens is 2. The molecule has 26 heavy (non-hydrogen) atoms. The molecule has 2 N–H and O–H groups in total. The van der Waals surface area contributed by atoms with Crippen LogP contribution in [0.1, 0.15) is 5.56 Å². The molecule has 4 rings (SSSR count). The summed E-state index contributed by atoms with van der Waals surface area (Å²) in [5.74, 6) is -0.659. The molecule has 0 bridgehead atoms. The lowest BCUT2D eigenvalue weighted by molar-refractivity contribution is 0.417. The monoisotopic (exact) mass is 370 g/mol. The van der Waals surface area contributed by atoms with Crippen LogP contribution < -0.4 is 10.5 Å². The second kappa shape index (κ2) is 6.63. The first-order valence-corrected chi connectivity index (χ1v) is 9.03. The zero-order valence-corrected chi connectivity index (χ0v) is 14.9. The van der Waals surface area contributed by atoms with Crippen molar-refractivity contribution in [3.8, 4) is 16.9 Å². The molecular formula is C20H16F2N2OS. The van der Waals surface area contributed by atoms with Crippen molar-refractivity contribution < 1.29 is 13.5 Å². The van der Waals surface area contributed by atoms with Crippen LogP contribution in [0.25, 0.3) is 32.1 Å². The molecule has 2 heterocycles. The summed E-state index contributed by atoms with van der Waals surface area (Å²) in [6, 6.07) is 8.30. The minimum absolute atomic E-state index is 0.00857. The molecule has 0 spiro atoms. The Morgan fingerprint density at radius 3 is 2.62 bits per heavy atom. The largest absolute Gasteiger partial charge is 0.496 e. The molecule has 4 aromatic rings. The summed E-state index contributed by atoms with van der Waals surface area (Å²) in [6.07, 6.45) is 1.96. The first-order chi connectivity index (χ1) is 12.6. The van der Waals surface area contributed by atoms with Gasteiger partial charge in [-0.25, -0.2) is 8.78 Å². The van der Waals surface area contributed by atoms with Gasteiger partial charge in [-0.05, 0) is 54.2 Å². The predicted octanol–water partition coefficient (Wildman–Crippen LogP) is 4.90. The minimum atomic E-state index is -0.602. The Labute approximate surface area is 153 Å². The summed E-state index contributed by atoms with van der Waals surface area (Å²) in [4.78, 5) is 4.49. The first-order valence-electron chi connectivity index (χ1n) is 8.15. The van der Waals surface area contributed by atoms with Gasteiger partial charge in [0.05, 0.1) is 17.3 Å². The summed E-state index contributed by atoms with van der Waals surface area (Å²) in [5.41, 5.74) is 7.27. The highest BCUT2D eigenvalue weighted by molar-refractivity contribution is 7.17. The second-order valence-corrected chi connectivity index (χ2v) is 6.90. The first kappa shape index (κ1) is 16.9. The topological polar surface area (TPSA) is 48.1 Å². The molecule has 2 aromatic heterocycles. The quantitative estimate of drug-likeness (QED) is 0.556. The maximum absolute atomic E-state index is 14.5. The van der Waals surface area contributed by atoms with E-state index in [4.69, 9.17) is 10.5 Å². The van der Waals surface area contributed by atoms with Crippen LogP contribution in [0.3, 0.4) is 0 Å². The Hall–Kier alpha value is -2.57. The Morgan fingerprint density at radius 2 is 1.92 bits per heavy atom. The molecular weight excluding hydrogens is 354 g/mol. The van der Waals surface area contributed by atoms with Crippen LogP contribution in [0.5, 0.6) is 5.75 Å². The molecule has 0 saturated carbocycles. The Balaban J connectivity index is 2.09. The van der Waals surface area contributed by atoms with E-state index in [2.05, 4.69) is 4.98 Å². The highest BCUT2D eigenvalue weighted by Gasteiger charge is 2.18. The summed E-state index contributed by atoms with van der Waals surface area (Å²) in [5, 5.41) is 3.79. The molecule has 2 aromatic carbocycles. The lowest BCUT2D eigenvalue weighted by Crippen LogP contribution is -2.07. The fraction of sp³-hybridized carbons (Fsp3) is 0.150. The van der Waals surface area contributed by atoms with Crippen LogP contribution in [-0.2, 0) is 6.42 Å². The molecule has 0 fully saturated rings. The maximum atomic E-state index is 14.5. The molecule has 0 aliphatic heterocycles. The predicted molar refractivity (Wildman–Crippen MR) is 102 cm³/mol. The number of fused-ring (bicyclic) bond motifs is 3. The van der Waals surface area contributed by atoms with Crippen LogP contribution >= 0.6 is 11.3 Å². The fourth-order valence-corrected chi connectivity index (χ4v) is 4.06. The number of rotatable bonds is 4. The molecule has 6 heteroatoms.